The summed E-state index contributed by atoms with van der Waals surface area (Å²) in [6.45, 7) is 0.859. The number of rotatable bonds is 2. The van der Waals surface area contributed by atoms with Crippen LogP contribution >= 0.6 is 0 Å². The van der Waals surface area contributed by atoms with Crippen LogP contribution in [0.1, 0.15) is 16.7 Å². The molecule has 3 rings (SSSR count). The van der Waals surface area contributed by atoms with Gasteiger partial charge in [-0.2, -0.15) is 13.2 Å². The van der Waals surface area contributed by atoms with Crippen molar-refractivity contribution in [1.29, 1.82) is 0 Å². The Kier molecular flexibility index (Phi) is 3.62. The van der Waals surface area contributed by atoms with Gasteiger partial charge in [-0.25, -0.2) is 0 Å². The van der Waals surface area contributed by atoms with Crippen LogP contribution in [0.25, 0.3) is 0 Å². The normalized spacial score (nSPS) is 18.0. The number of para-hydroxylation sites is 1. The van der Waals surface area contributed by atoms with Crippen LogP contribution in [-0.2, 0) is 19.0 Å². The van der Waals surface area contributed by atoms with Gasteiger partial charge < -0.3 is 5.32 Å². The molecule has 0 bridgehead atoms. The van der Waals surface area contributed by atoms with Crippen LogP contribution in [0.2, 0.25) is 0 Å². The van der Waals surface area contributed by atoms with Gasteiger partial charge in [-0.15, -0.1) is 0 Å². The standard InChI is InChI=1S/C17H16F3N/c18-17(19,20)15-7-5-12(6-8-15)9-13-10-14-3-1-2-4-16(14)21-11-13/h1-8,13,21H,9-11H2. The molecule has 1 nitrogen and oxygen atoms in total. The molecule has 0 saturated heterocycles. The predicted octanol–water partition coefficient (Wildman–Crippen LogP) is 4.53. The molecular formula is C17H16F3N. The summed E-state index contributed by atoms with van der Waals surface area (Å²) in [5.41, 5.74) is 2.81. The average Bonchev–Trinajstić information content (AvgIpc) is 2.47. The summed E-state index contributed by atoms with van der Waals surface area (Å²) >= 11 is 0. The third kappa shape index (κ3) is 3.20. The first-order chi connectivity index (χ1) is 10.0. The Morgan fingerprint density at radius 1 is 1.00 bits per heavy atom. The minimum absolute atomic E-state index is 0.414. The average molecular weight is 291 g/mol. The lowest BCUT2D eigenvalue weighted by Gasteiger charge is -2.26. The van der Waals surface area contributed by atoms with Crippen molar-refractivity contribution in [1.82, 2.24) is 0 Å². The van der Waals surface area contributed by atoms with Crippen LogP contribution in [-0.4, -0.2) is 6.54 Å². The zero-order valence-electron chi connectivity index (χ0n) is 11.5. The molecule has 1 aliphatic rings. The molecular weight excluding hydrogens is 275 g/mol. The molecule has 1 unspecified atom stereocenters. The Morgan fingerprint density at radius 3 is 2.43 bits per heavy atom. The summed E-state index contributed by atoms with van der Waals surface area (Å²) in [6.07, 6.45) is -2.51. The SMILES string of the molecule is FC(F)(F)c1ccc(CC2CNc3ccccc3C2)cc1. The highest BCUT2D eigenvalue weighted by Crippen LogP contribution is 2.30. The molecule has 0 spiro atoms. The first kappa shape index (κ1) is 14.0. The highest BCUT2D eigenvalue weighted by Gasteiger charge is 2.30. The van der Waals surface area contributed by atoms with Crippen molar-refractivity contribution >= 4 is 5.69 Å². The van der Waals surface area contributed by atoms with E-state index in [0.717, 1.165) is 24.9 Å². The van der Waals surface area contributed by atoms with Gasteiger partial charge in [0.1, 0.15) is 0 Å². The number of alkyl halides is 3. The van der Waals surface area contributed by atoms with Crippen LogP contribution in [0.3, 0.4) is 0 Å². The molecule has 1 aliphatic heterocycles. The number of anilines is 1. The van der Waals surface area contributed by atoms with Gasteiger partial charge >= 0.3 is 6.18 Å². The van der Waals surface area contributed by atoms with E-state index in [0.29, 0.717) is 5.92 Å². The van der Waals surface area contributed by atoms with Gasteiger partial charge in [0.2, 0.25) is 0 Å². The van der Waals surface area contributed by atoms with Crippen LogP contribution in [0.4, 0.5) is 18.9 Å². The van der Waals surface area contributed by atoms with Crippen molar-refractivity contribution in [3.8, 4) is 0 Å². The van der Waals surface area contributed by atoms with E-state index < -0.39 is 11.7 Å². The summed E-state index contributed by atoms with van der Waals surface area (Å²) < 4.78 is 37.6. The third-order valence-corrected chi connectivity index (χ3v) is 3.91. The number of fused-ring (bicyclic) bond motifs is 1. The Balaban J connectivity index is 1.68. The van der Waals surface area contributed by atoms with Crippen molar-refractivity contribution in [3.05, 3.63) is 65.2 Å². The van der Waals surface area contributed by atoms with Gasteiger partial charge in [0.15, 0.2) is 0 Å². The summed E-state index contributed by atoms with van der Waals surface area (Å²) in [4.78, 5) is 0. The highest BCUT2D eigenvalue weighted by molar-refractivity contribution is 5.53. The molecule has 0 fully saturated rings. The molecule has 0 saturated carbocycles. The zero-order chi connectivity index (χ0) is 14.9. The molecule has 110 valence electrons. The maximum atomic E-state index is 12.5. The second kappa shape index (κ2) is 5.43. The molecule has 1 atom stereocenters. The van der Waals surface area contributed by atoms with Gasteiger partial charge in [-0.1, -0.05) is 30.3 Å². The second-order valence-electron chi connectivity index (χ2n) is 5.51. The van der Waals surface area contributed by atoms with Gasteiger partial charge in [0.05, 0.1) is 5.56 Å². The Morgan fingerprint density at radius 2 is 1.71 bits per heavy atom. The molecule has 1 heterocycles. The van der Waals surface area contributed by atoms with E-state index in [9.17, 15) is 13.2 Å². The lowest BCUT2D eigenvalue weighted by Crippen LogP contribution is -2.24. The van der Waals surface area contributed by atoms with E-state index in [4.69, 9.17) is 0 Å². The molecule has 21 heavy (non-hydrogen) atoms. The molecule has 0 aromatic heterocycles. The topological polar surface area (TPSA) is 12.0 Å². The van der Waals surface area contributed by atoms with Gasteiger partial charge in [0, 0.05) is 12.2 Å². The summed E-state index contributed by atoms with van der Waals surface area (Å²) in [7, 11) is 0. The molecule has 2 aromatic carbocycles. The smallest absolute Gasteiger partial charge is 0.385 e. The molecule has 1 N–H and O–H groups in total. The molecule has 0 radical (unpaired) electrons. The fourth-order valence-corrected chi connectivity index (χ4v) is 2.82. The van der Waals surface area contributed by atoms with Crippen molar-refractivity contribution in [3.63, 3.8) is 0 Å². The van der Waals surface area contributed by atoms with E-state index >= 15 is 0 Å². The van der Waals surface area contributed by atoms with Gasteiger partial charge in [0.25, 0.3) is 0 Å². The molecule has 0 amide bonds. The van der Waals surface area contributed by atoms with Gasteiger partial charge in [-0.3, -0.25) is 0 Å². The largest absolute Gasteiger partial charge is 0.416 e. The maximum absolute atomic E-state index is 12.5. The fourth-order valence-electron chi connectivity index (χ4n) is 2.82. The fraction of sp³-hybridized carbons (Fsp3) is 0.294. The van der Waals surface area contributed by atoms with Crippen LogP contribution < -0.4 is 5.32 Å². The highest BCUT2D eigenvalue weighted by atomic mass is 19.4. The lowest BCUT2D eigenvalue weighted by molar-refractivity contribution is -0.137. The number of nitrogens with one attached hydrogen (secondary N) is 1. The maximum Gasteiger partial charge on any atom is 0.416 e. The number of benzene rings is 2. The van der Waals surface area contributed by atoms with Crippen molar-refractivity contribution in [2.45, 2.75) is 19.0 Å². The first-order valence-corrected chi connectivity index (χ1v) is 7.00. The lowest BCUT2D eigenvalue weighted by atomic mass is 9.89. The predicted molar refractivity (Wildman–Crippen MR) is 77.3 cm³/mol. The second-order valence-corrected chi connectivity index (χ2v) is 5.51. The van der Waals surface area contributed by atoms with Crippen LogP contribution in [0.15, 0.2) is 48.5 Å². The minimum Gasteiger partial charge on any atom is -0.385 e. The van der Waals surface area contributed by atoms with Crippen LogP contribution in [0, 0.1) is 5.92 Å². The monoisotopic (exact) mass is 291 g/mol. The minimum atomic E-state index is -4.26. The van der Waals surface area contributed by atoms with E-state index in [2.05, 4.69) is 17.4 Å². The molecule has 0 aliphatic carbocycles. The van der Waals surface area contributed by atoms with Crippen LogP contribution in [0.5, 0.6) is 0 Å². The summed E-state index contributed by atoms with van der Waals surface area (Å²) in [5, 5.41) is 3.39. The first-order valence-electron chi connectivity index (χ1n) is 7.00. The van der Waals surface area contributed by atoms with E-state index in [1.54, 1.807) is 12.1 Å². The number of hydrogen-bond acceptors (Lipinski definition) is 1. The van der Waals surface area contributed by atoms with Crippen molar-refractivity contribution < 1.29 is 13.2 Å². The van der Waals surface area contributed by atoms with E-state index in [1.807, 2.05) is 12.1 Å². The van der Waals surface area contributed by atoms with Crippen molar-refractivity contribution in [2.75, 3.05) is 11.9 Å². The zero-order valence-corrected chi connectivity index (χ0v) is 11.5. The summed E-state index contributed by atoms with van der Waals surface area (Å²) in [5.74, 6) is 0.414. The quantitative estimate of drug-likeness (QED) is 0.857. The van der Waals surface area contributed by atoms with E-state index in [1.165, 1.54) is 23.4 Å². The molecule has 2 aromatic rings. The Hall–Kier alpha value is -1.97. The van der Waals surface area contributed by atoms with Crippen molar-refractivity contribution in [2.24, 2.45) is 5.92 Å². The third-order valence-electron chi connectivity index (χ3n) is 3.91. The Labute approximate surface area is 121 Å². The summed E-state index contributed by atoms with van der Waals surface area (Å²) in [6, 6.07) is 13.7. The number of hydrogen-bond donors (Lipinski definition) is 1. The Bertz CT molecular complexity index is 617. The molecule has 4 heteroatoms. The number of halogens is 3. The van der Waals surface area contributed by atoms with Gasteiger partial charge in [-0.05, 0) is 48.1 Å². The van der Waals surface area contributed by atoms with E-state index in [-0.39, 0.29) is 0 Å².